The molecule has 1 saturated heterocycles. The fourth-order valence-electron chi connectivity index (χ4n) is 2.52. The summed E-state index contributed by atoms with van der Waals surface area (Å²) in [5.41, 5.74) is 0.739. The van der Waals surface area contributed by atoms with Crippen LogP contribution in [0.5, 0.6) is 5.75 Å². The Bertz CT molecular complexity index is 432. The monoisotopic (exact) mass is 325 g/mol. The van der Waals surface area contributed by atoms with Crippen LogP contribution in [0.15, 0.2) is 24.3 Å². The number of likely N-dealkylation sites (tertiary alicyclic amines) is 1. The molecule has 2 atom stereocenters. The van der Waals surface area contributed by atoms with Gasteiger partial charge in [-0.3, -0.25) is 4.79 Å². The van der Waals surface area contributed by atoms with Crippen molar-refractivity contribution in [2.45, 2.75) is 26.3 Å². The molecule has 2 unspecified atom stereocenters. The highest BCUT2D eigenvalue weighted by molar-refractivity contribution is 9.09. The Hall–Kier alpha value is -1.03. The zero-order chi connectivity index (χ0) is 13.8. The molecule has 3 nitrogen and oxygen atoms in total. The number of nitrogens with zero attached hydrogens (tertiary/aromatic N) is 1. The fraction of sp³-hybridized carbons (Fsp3) is 0.533. The van der Waals surface area contributed by atoms with Crippen molar-refractivity contribution in [3.63, 3.8) is 0 Å². The Labute approximate surface area is 123 Å². The molecule has 1 aliphatic heterocycles. The van der Waals surface area contributed by atoms with E-state index in [4.69, 9.17) is 4.74 Å². The van der Waals surface area contributed by atoms with Crippen LogP contribution in [0.1, 0.15) is 30.6 Å². The molecule has 0 radical (unpaired) electrons. The largest absolute Gasteiger partial charge is 0.494 e. The van der Waals surface area contributed by atoms with Crippen LogP contribution in [0, 0.1) is 5.92 Å². The molecular formula is C15H20BrNO2. The highest BCUT2D eigenvalue weighted by atomic mass is 79.9. The Balaban J connectivity index is 2.11. The lowest BCUT2D eigenvalue weighted by molar-refractivity contribution is 0.0738. The van der Waals surface area contributed by atoms with E-state index in [1.54, 1.807) is 0 Å². The molecule has 4 heteroatoms. The van der Waals surface area contributed by atoms with Crippen LogP contribution in [0.25, 0.3) is 0 Å². The number of carbonyl (C=O) groups excluding carboxylic acids is 1. The first-order valence-corrected chi connectivity index (χ1v) is 7.89. The van der Waals surface area contributed by atoms with E-state index in [1.165, 1.54) is 0 Å². The fourth-order valence-corrected chi connectivity index (χ4v) is 3.51. The summed E-state index contributed by atoms with van der Waals surface area (Å²) < 4.78 is 5.39. The van der Waals surface area contributed by atoms with Crippen LogP contribution < -0.4 is 4.74 Å². The van der Waals surface area contributed by atoms with Gasteiger partial charge in [0.2, 0.25) is 0 Å². The van der Waals surface area contributed by atoms with E-state index in [0.717, 1.165) is 29.6 Å². The van der Waals surface area contributed by atoms with Crippen LogP contribution in [0.2, 0.25) is 0 Å². The number of ether oxygens (including phenoxy) is 1. The molecule has 1 aromatic carbocycles. The molecule has 1 aromatic rings. The summed E-state index contributed by atoms with van der Waals surface area (Å²) in [6, 6.07) is 7.72. The number of benzene rings is 1. The van der Waals surface area contributed by atoms with Crippen molar-refractivity contribution in [1.82, 2.24) is 4.90 Å². The van der Waals surface area contributed by atoms with E-state index >= 15 is 0 Å². The number of amides is 1. The summed E-state index contributed by atoms with van der Waals surface area (Å²) in [4.78, 5) is 14.5. The van der Waals surface area contributed by atoms with Crippen molar-refractivity contribution < 1.29 is 9.53 Å². The summed E-state index contributed by atoms with van der Waals surface area (Å²) in [7, 11) is 0. The Morgan fingerprint density at radius 1 is 1.42 bits per heavy atom. The highest BCUT2D eigenvalue weighted by Gasteiger charge is 2.33. The molecular weight excluding hydrogens is 306 g/mol. The Morgan fingerprint density at radius 2 is 2.11 bits per heavy atom. The summed E-state index contributed by atoms with van der Waals surface area (Å²) in [5, 5.41) is 0.844. The molecule has 1 amide bonds. The van der Waals surface area contributed by atoms with Gasteiger partial charge in [-0.25, -0.2) is 0 Å². The molecule has 0 aliphatic carbocycles. The molecule has 1 aliphatic rings. The third kappa shape index (κ3) is 3.11. The molecule has 1 heterocycles. The third-order valence-electron chi connectivity index (χ3n) is 3.71. The van der Waals surface area contributed by atoms with E-state index in [0.29, 0.717) is 18.6 Å². The zero-order valence-corrected chi connectivity index (χ0v) is 13.0. The average molecular weight is 326 g/mol. The summed E-state index contributed by atoms with van der Waals surface area (Å²) in [6.07, 6.45) is 1.08. The molecule has 0 bridgehead atoms. The van der Waals surface area contributed by atoms with E-state index in [2.05, 4.69) is 22.9 Å². The molecule has 0 saturated carbocycles. The van der Waals surface area contributed by atoms with Crippen LogP contribution in [0.4, 0.5) is 0 Å². The van der Waals surface area contributed by atoms with E-state index < -0.39 is 0 Å². The van der Waals surface area contributed by atoms with Gasteiger partial charge in [0.15, 0.2) is 0 Å². The second kappa shape index (κ2) is 6.42. The first-order valence-electron chi connectivity index (χ1n) is 6.77. The predicted octanol–water partition coefficient (Wildman–Crippen LogP) is 3.33. The minimum absolute atomic E-state index is 0.122. The van der Waals surface area contributed by atoms with Gasteiger partial charge in [-0.1, -0.05) is 22.9 Å². The van der Waals surface area contributed by atoms with E-state index in [9.17, 15) is 4.79 Å². The number of alkyl halides is 1. The summed E-state index contributed by atoms with van der Waals surface area (Å²) >= 11 is 3.52. The second-order valence-electron chi connectivity index (χ2n) is 4.94. The van der Waals surface area contributed by atoms with Crippen molar-refractivity contribution in [1.29, 1.82) is 0 Å². The maximum atomic E-state index is 12.5. The van der Waals surface area contributed by atoms with E-state index in [1.807, 2.05) is 36.1 Å². The van der Waals surface area contributed by atoms with Crippen molar-refractivity contribution in [3.05, 3.63) is 29.8 Å². The van der Waals surface area contributed by atoms with Crippen molar-refractivity contribution in [3.8, 4) is 5.75 Å². The second-order valence-corrected chi connectivity index (χ2v) is 5.59. The van der Waals surface area contributed by atoms with Crippen LogP contribution >= 0.6 is 15.9 Å². The normalized spacial score (nSPS) is 22.6. The lowest BCUT2D eigenvalue weighted by atomic mass is 10.0. The van der Waals surface area contributed by atoms with E-state index in [-0.39, 0.29) is 5.91 Å². The number of rotatable bonds is 4. The number of hydrogen-bond acceptors (Lipinski definition) is 2. The lowest BCUT2D eigenvalue weighted by Gasteiger charge is -2.25. The quantitative estimate of drug-likeness (QED) is 0.795. The summed E-state index contributed by atoms with van der Waals surface area (Å²) in [5.74, 6) is 1.49. The SMILES string of the molecule is CCOc1ccc(C(=O)N2CCC(C)C2CBr)cc1. The van der Waals surface area contributed by atoms with Crippen LogP contribution in [-0.4, -0.2) is 35.3 Å². The Morgan fingerprint density at radius 3 is 2.68 bits per heavy atom. The maximum absolute atomic E-state index is 12.5. The smallest absolute Gasteiger partial charge is 0.254 e. The molecule has 104 valence electrons. The molecule has 19 heavy (non-hydrogen) atoms. The highest BCUT2D eigenvalue weighted by Crippen LogP contribution is 2.27. The van der Waals surface area contributed by atoms with Gasteiger partial charge in [-0.2, -0.15) is 0 Å². The molecule has 2 rings (SSSR count). The van der Waals surface area contributed by atoms with Gasteiger partial charge in [0, 0.05) is 23.5 Å². The van der Waals surface area contributed by atoms with Crippen molar-refractivity contribution in [2.24, 2.45) is 5.92 Å². The predicted molar refractivity (Wildman–Crippen MR) is 80.0 cm³/mol. The topological polar surface area (TPSA) is 29.5 Å². The maximum Gasteiger partial charge on any atom is 0.254 e. The minimum Gasteiger partial charge on any atom is -0.494 e. The van der Waals surface area contributed by atoms with Gasteiger partial charge in [0.05, 0.1) is 6.61 Å². The van der Waals surface area contributed by atoms with Crippen LogP contribution in [-0.2, 0) is 0 Å². The minimum atomic E-state index is 0.122. The van der Waals surface area contributed by atoms with Gasteiger partial charge in [-0.05, 0) is 43.5 Å². The van der Waals surface area contributed by atoms with Crippen molar-refractivity contribution >= 4 is 21.8 Å². The summed E-state index contributed by atoms with van der Waals surface area (Å²) in [6.45, 7) is 5.65. The Kier molecular flexibility index (Phi) is 4.86. The van der Waals surface area contributed by atoms with Gasteiger partial charge in [-0.15, -0.1) is 0 Å². The van der Waals surface area contributed by atoms with Gasteiger partial charge in [0.25, 0.3) is 5.91 Å². The number of halogens is 1. The molecule has 0 spiro atoms. The zero-order valence-electron chi connectivity index (χ0n) is 11.4. The number of carbonyl (C=O) groups is 1. The third-order valence-corrected chi connectivity index (χ3v) is 4.38. The lowest BCUT2D eigenvalue weighted by Crippen LogP contribution is -2.38. The van der Waals surface area contributed by atoms with Crippen molar-refractivity contribution in [2.75, 3.05) is 18.5 Å². The average Bonchev–Trinajstić information content (AvgIpc) is 2.80. The number of hydrogen-bond donors (Lipinski definition) is 0. The van der Waals surface area contributed by atoms with Gasteiger partial charge >= 0.3 is 0 Å². The van der Waals surface area contributed by atoms with Crippen LogP contribution in [0.3, 0.4) is 0 Å². The standard InChI is InChI=1S/C15H20BrNO2/c1-3-19-13-6-4-12(5-7-13)15(18)17-9-8-11(2)14(17)10-16/h4-7,11,14H,3,8-10H2,1-2H3. The van der Waals surface area contributed by atoms with Gasteiger partial charge < -0.3 is 9.64 Å². The molecule has 0 N–H and O–H groups in total. The molecule has 1 fully saturated rings. The molecule has 0 aromatic heterocycles. The first-order chi connectivity index (χ1) is 9.17. The van der Waals surface area contributed by atoms with Gasteiger partial charge in [0.1, 0.15) is 5.75 Å². The first kappa shape index (κ1) is 14.4.